The lowest BCUT2D eigenvalue weighted by atomic mass is 10.1. The minimum absolute atomic E-state index is 0.0286. The van der Waals surface area contributed by atoms with Gasteiger partial charge in [-0.25, -0.2) is 0 Å². The molecule has 0 spiro atoms. The van der Waals surface area contributed by atoms with Gasteiger partial charge in [0.15, 0.2) is 17.1 Å². The van der Waals surface area contributed by atoms with Crippen molar-refractivity contribution in [2.75, 3.05) is 21.3 Å². The predicted molar refractivity (Wildman–Crippen MR) is 258 cm³/mol. The first-order valence-corrected chi connectivity index (χ1v) is 21.9. The molecule has 0 saturated carbocycles. The number of hydrogen-bond donors (Lipinski definition) is 4. The molecule has 5 aromatic carbocycles. The summed E-state index contributed by atoms with van der Waals surface area (Å²) in [6.45, 7) is 7.40. The number of halogens is 5. The van der Waals surface area contributed by atoms with E-state index in [-0.39, 0.29) is 60.4 Å². The molecular weight excluding hydrogens is 954 g/mol. The first kappa shape index (κ1) is 50.8. The molecule has 0 saturated heterocycles. The van der Waals surface area contributed by atoms with E-state index in [1.807, 2.05) is 12.1 Å². The topological polar surface area (TPSA) is 209 Å². The van der Waals surface area contributed by atoms with Gasteiger partial charge in [-0.15, -0.1) is 23.2 Å². The standard InChI is InChI=1S/C46H41Cl5N8O7/c1-23(47)28-8-6-10-30(18-28)52-43(62)35-20-33(12-15-37(35)50)56-58-41(25(3)60)45(64)54-32-14-17-39(40(22-32)66-27(5)49)55-46(65)42(26(4)61)59-57-34-13-16-38(51)36(21-34)44(63)53-31-11-7-9-29(19-31)24(2)48/h6-24,27,41-42H,1-5H3,(H,52,62)(H,53,63)(H,54,64)(H,55,65). The maximum absolute atomic E-state index is 13.5. The highest BCUT2D eigenvalue weighted by atomic mass is 35.5. The monoisotopic (exact) mass is 992 g/mol. The summed E-state index contributed by atoms with van der Waals surface area (Å²) in [6, 6.07) is 23.2. The Kier molecular flexibility index (Phi) is 17.9. The van der Waals surface area contributed by atoms with E-state index in [9.17, 15) is 28.8 Å². The zero-order chi connectivity index (χ0) is 48.2. The molecule has 5 aromatic rings. The molecule has 0 aliphatic rings. The zero-order valence-electron chi connectivity index (χ0n) is 35.7. The Morgan fingerprint density at radius 1 is 0.530 bits per heavy atom. The molecular formula is C46H41Cl5N8O7. The number of nitrogens with zero attached hydrogens (tertiary/aromatic N) is 4. The van der Waals surface area contributed by atoms with Crippen molar-refractivity contribution in [1.29, 1.82) is 0 Å². The van der Waals surface area contributed by atoms with Crippen LogP contribution in [0.4, 0.5) is 34.1 Å². The summed E-state index contributed by atoms with van der Waals surface area (Å²) in [7, 11) is 0. The van der Waals surface area contributed by atoms with E-state index in [0.717, 1.165) is 25.0 Å². The van der Waals surface area contributed by atoms with Crippen molar-refractivity contribution in [3.05, 3.63) is 135 Å². The average molecular weight is 995 g/mol. The second-order valence-corrected chi connectivity index (χ2v) is 17.3. The van der Waals surface area contributed by atoms with Crippen LogP contribution in [0.2, 0.25) is 10.0 Å². The number of alkyl halides is 3. The molecule has 20 heteroatoms. The Bertz CT molecular complexity index is 2730. The van der Waals surface area contributed by atoms with Crippen LogP contribution in [0.3, 0.4) is 0 Å². The highest BCUT2D eigenvalue weighted by Crippen LogP contribution is 2.32. The second kappa shape index (κ2) is 23.3. The third-order valence-electron chi connectivity index (χ3n) is 9.24. The maximum Gasteiger partial charge on any atom is 0.258 e. The number of ether oxygens (including phenoxy) is 1. The van der Waals surface area contributed by atoms with Gasteiger partial charge < -0.3 is 26.0 Å². The number of hydrogen-bond acceptors (Lipinski definition) is 11. The van der Waals surface area contributed by atoms with E-state index in [0.29, 0.717) is 11.4 Å². The molecule has 342 valence electrons. The van der Waals surface area contributed by atoms with Gasteiger partial charge in [-0.1, -0.05) is 59.1 Å². The van der Waals surface area contributed by atoms with E-state index in [4.69, 9.17) is 62.7 Å². The molecule has 4 N–H and O–H groups in total. The molecule has 0 bridgehead atoms. The van der Waals surface area contributed by atoms with E-state index >= 15 is 0 Å². The van der Waals surface area contributed by atoms with Crippen LogP contribution in [-0.2, 0) is 19.2 Å². The van der Waals surface area contributed by atoms with Gasteiger partial charge in [0, 0.05) is 23.1 Å². The van der Waals surface area contributed by atoms with Gasteiger partial charge in [0.05, 0.1) is 49.0 Å². The van der Waals surface area contributed by atoms with Gasteiger partial charge in [0.1, 0.15) is 5.75 Å². The van der Waals surface area contributed by atoms with E-state index < -0.39 is 52.8 Å². The first-order chi connectivity index (χ1) is 31.3. The highest BCUT2D eigenvalue weighted by Gasteiger charge is 2.27. The molecule has 5 rings (SSSR count). The van der Waals surface area contributed by atoms with Gasteiger partial charge in [-0.05, 0) is 119 Å². The van der Waals surface area contributed by atoms with Crippen LogP contribution in [0.5, 0.6) is 5.75 Å². The summed E-state index contributed by atoms with van der Waals surface area (Å²) >= 11 is 31.2. The van der Waals surface area contributed by atoms with Crippen molar-refractivity contribution in [2.45, 2.75) is 63.0 Å². The number of benzene rings is 5. The van der Waals surface area contributed by atoms with Crippen LogP contribution in [0.1, 0.15) is 77.2 Å². The Labute approximate surface area is 404 Å². The summed E-state index contributed by atoms with van der Waals surface area (Å²) in [6.07, 6.45) is 0. The van der Waals surface area contributed by atoms with Gasteiger partial charge in [-0.2, -0.15) is 20.5 Å². The summed E-state index contributed by atoms with van der Waals surface area (Å²) < 4.78 is 5.70. The lowest BCUT2D eigenvalue weighted by Gasteiger charge is -2.17. The first-order valence-electron chi connectivity index (χ1n) is 19.9. The number of Topliss-reactive ketones (excluding diaryl/α,β-unsaturated/α-hetero) is 2. The van der Waals surface area contributed by atoms with Crippen LogP contribution in [0.15, 0.2) is 124 Å². The molecule has 0 aromatic heterocycles. The van der Waals surface area contributed by atoms with Crippen LogP contribution in [-0.4, -0.2) is 52.8 Å². The van der Waals surface area contributed by atoms with Crippen molar-refractivity contribution in [2.24, 2.45) is 20.5 Å². The molecule has 0 aliphatic heterocycles. The number of carbonyl (C=O) groups excluding carboxylic acids is 6. The Hall–Kier alpha value is -6.23. The fraction of sp³-hybridized carbons (Fsp3) is 0.217. The number of anilines is 4. The normalized spacial score (nSPS) is 13.5. The molecule has 0 heterocycles. The lowest BCUT2D eigenvalue weighted by molar-refractivity contribution is -0.127. The minimum Gasteiger partial charge on any atom is -0.473 e. The third kappa shape index (κ3) is 14.1. The molecule has 5 atom stereocenters. The number of nitrogens with one attached hydrogen (secondary N) is 4. The van der Waals surface area contributed by atoms with Gasteiger partial charge >= 0.3 is 0 Å². The van der Waals surface area contributed by atoms with E-state index in [1.54, 1.807) is 50.2 Å². The number of rotatable bonds is 18. The highest BCUT2D eigenvalue weighted by molar-refractivity contribution is 6.35. The summed E-state index contributed by atoms with van der Waals surface area (Å²) in [5, 5.41) is 26.4. The fourth-order valence-corrected chi connectivity index (χ4v) is 6.67. The molecule has 15 nitrogen and oxygen atoms in total. The number of ketones is 2. The number of amides is 4. The smallest absolute Gasteiger partial charge is 0.258 e. The SMILES string of the molecule is CC(=O)C(N=Nc1ccc(Cl)c(C(=O)Nc2cccc(C(C)Cl)c2)c1)C(=O)Nc1ccc(NC(=O)C(N=Nc2ccc(Cl)c(C(=O)Nc3cccc(C(C)Cl)c3)c2)C(C)=O)c(OC(C)Cl)c1. The van der Waals surface area contributed by atoms with E-state index in [2.05, 4.69) is 41.7 Å². The van der Waals surface area contributed by atoms with Crippen LogP contribution < -0.4 is 26.0 Å². The molecule has 0 radical (unpaired) electrons. The van der Waals surface area contributed by atoms with Crippen molar-refractivity contribution < 1.29 is 33.5 Å². The molecule has 66 heavy (non-hydrogen) atoms. The molecule has 0 aliphatic carbocycles. The molecule has 4 amide bonds. The fourth-order valence-electron chi connectivity index (χ4n) is 5.90. The Morgan fingerprint density at radius 3 is 1.39 bits per heavy atom. The van der Waals surface area contributed by atoms with Crippen LogP contribution >= 0.6 is 58.0 Å². The largest absolute Gasteiger partial charge is 0.473 e. The Balaban J connectivity index is 1.28. The predicted octanol–water partition coefficient (Wildman–Crippen LogP) is 12.4. The van der Waals surface area contributed by atoms with Crippen LogP contribution in [0.25, 0.3) is 0 Å². The van der Waals surface area contributed by atoms with Crippen molar-refractivity contribution >= 4 is 127 Å². The van der Waals surface area contributed by atoms with Crippen molar-refractivity contribution in [3.8, 4) is 5.75 Å². The summed E-state index contributed by atoms with van der Waals surface area (Å²) in [4.78, 5) is 78.5. The van der Waals surface area contributed by atoms with Gasteiger partial charge in [0.25, 0.3) is 23.6 Å². The molecule has 5 unspecified atom stereocenters. The minimum atomic E-state index is -1.65. The summed E-state index contributed by atoms with van der Waals surface area (Å²) in [5.41, 5.74) is 2.14. The zero-order valence-corrected chi connectivity index (χ0v) is 39.5. The quantitative estimate of drug-likeness (QED) is 0.0379. The summed E-state index contributed by atoms with van der Waals surface area (Å²) in [5.74, 6) is -4.21. The maximum atomic E-state index is 13.5. The van der Waals surface area contributed by atoms with Crippen molar-refractivity contribution in [3.63, 3.8) is 0 Å². The van der Waals surface area contributed by atoms with Gasteiger partial charge in [0.2, 0.25) is 12.1 Å². The van der Waals surface area contributed by atoms with Crippen molar-refractivity contribution in [1.82, 2.24) is 0 Å². The Morgan fingerprint density at radius 2 is 0.970 bits per heavy atom. The number of azo groups is 2. The van der Waals surface area contributed by atoms with Gasteiger partial charge in [-0.3, -0.25) is 28.8 Å². The molecule has 0 fully saturated rings. The lowest BCUT2D eigenvalue weighted by Crippen LogP contribution is -2.32. The number of carbonyl (C=O) groups is 6. The van der Waals surface area contributed by atoms with Crippen LogP contribution in [0, 0.1) is 0 Å². The average Bonchev–Trinajstić information content (AvgIpc) is 3.25. The van der Waals surface area contributed by atoms with E-state index in [1.165, 1.54) is 61.5 Å². The third-order valence-corrected chi connectivity index (χ3v) is 10.5. The second-order valence-electron chi connectivity index (χ2n) is 14.5.